The van der Waals surface area contributed by atoms with E-state index in [1.165, 1.54) is 30.0 Å². The molecule has 3 rings (SSSR count). The van der Waals surface area contributed by atoms with Crippen molar-refractivity contribution in [3.05, 3.63) is 53.1 Å². The number of fused-ring (bicyclic) bond motifs is 1. The molecule has 0 aliphatic carbocycles. The standard InChI is InChI=1S/C15H10ClNO3S/c16-9-5-6-12(18)10(7-9)13(19)8-21-15-17-11-3-1-2-4-14(11)20-15/h1-7,18H,8H2. The number of aromatic nitrogens is 1. The van der Waals surface area contributed by atoms with E-state index in [1.54, 1.807) is 0 Å². The molecule has 0 spiro atoms. The molecule has 0 fully saturated rings. The summed E-state index contributed by atoms with van der Waals surface area (Å²) in [6.45, 7) is 0. The molecule has 1 heterocycles. The van der Waals surface area contributed by atoms with Crippen LogP contribution in [-0.4, -0.2) is 21.6 Å². The molecule has 106 valence electrons. The number of phenols is 1. The molecule has 0 unspecified atom stereocenters. The van der Waals surface area contributed by atoms with E-state index in [9.17, 15) is 9.90 Å². The number of para-hydroxylation sites is 2. The molecule has 0 bridgehead atoms. The van der Waals surface area contributed by atoms with Crippen molar-refractivity contribution in [3.8, 4) is 5.75 Å². The van der Waals surface area contributed by atoms with Crippen LogP contribution in [0.4, 0.5) is 0 Å². The molecule has 0 aliphatic rings. The third kappa shape index (κ3) is 3.04. The Kier molecular flexibility index (Phi) is 3.86. The Morgan fingerprint density at radius 3 is 2.90 bits per heavy atom. The van der Waals surface area contributed by atoms with Gasteiger partial charge in [-0.2, -0.15) is 0 Å². The number of carbonyl (C=O) groups is 1. The van der Waals surface area contributed by atoms with Gasteiger partial charge in [-0.15, -0.1) is 0 Å². The van der Waals surface area contributed by atoms with Crippen molar-refractivity contribution in [2.75, 3.05) is 5.75 Å². The van der Waals surface area contributed by atoms with Crippen LogP contribution in [0.15, 0.2) is 52.1 Å². The summed E-state index contributed by atoms with van der Waals surface area (Å²) in [6.07, 6.45) is 0. The summed E-state index contributed by atoms with van der Waals surface area (Å²) in [6, 6.07) is 11.8. The summed E-state index contributed by atoms with van der Waals surface area (Å²) in [5, 5.41) is 10.5. The third-order valence-corrected chi connectivity index (χ3v) is 3.92. The second-order valence-electron chi connectivity index (χ2n) is 4.32. The molecule has 1 aromatic heterocycles. The zero-order chi connectivity index (χ0) is 14.8. The number of aromatic hydroxyl groups is 1. The summed E-state index contributed by atoms with van der Waals surface area (Å²) in [7, 11) is 0. The maximum atomic E-state index is 12.1. The maximum Gasteiger partial charge on any atom is 0.257 e. The number of thioether (sulfide) groups is 1. The van der Waals surface area contributed by atoms with Gasteiger partial charge in [-0.3, -0.25) is 4.79 Å². The van der Waals surface area contributed by atoms with Crippen molar-refractivity contribution >= 4 is 40.2 Å². The normalized spacial score (nSPS) is 10.9. The Hall–Kier alpha value is -1.98. The minimum atomic E-state index is -0.234. The lowest BCUT2D eigenvalue weighted by atomic mass is 10.1. The first-order valence-corrected chi connectivity index (χ1v) is 7.50. The molecule has 6 heteroatoms. The monoisotopic (exact) mass is 319 g/mol. The molecule has 0 saturated heterocycles. The summed E-state index contributed by atoms with van der Waals surface area (Å²) < 4.78 is 5.52. The van der Waals surface area contributed by atoms with E-state index in [2.05, 4.69) is 4.98 Å². The van der Waals surface area contributed by atoms with Gasteiger partial charge in [0.15, 0.2) is 11.4 Å². The number of nitrogens with zero attached hydrogens (tertiary/aromatic N) is 1. The smallest absolute Gasteiger partial charge is 0.257 e. The van der Waals surface area contributed by atoms with Crippen molar-refractivity contribution in [1.82, 2.24) is 4.98 Å². The molecule has 3 aromatic rings. The van der Waals surface area contributed by atoms with Crippen LogP contribution in [-0.2, 0) is 0 Å². The van der Waals surface area contributed by atoms with E-state index in [4.69, 9.17) is 16.0 Å². The van der Waals surface area contributed by atoms with Crippen LogP contribution >= 0.6 is 23.4 Å². The van der Waals surface area contributed by atoms with Crippen LogP contribution in [0.25, 0.3) is 11.1 Å². The lowest BCUT2D eigenvalue weighted by molar-refractivity contribution is 0.101. The van der Waals surface area contributed by atoms with E-state index in [0.29, 0.717) is 15.8 Å². The van der Waals surface area contributed by atoms with Gasteiger partial charge in [-0.1, -0.05) is 35.5 Å². The molecule has 0 saturated carbocycles. The molecule has 21 heavy (non-hydrogen) atoms. The number of hydrogen-bond acceptors (Lipinski definition) is 5. The Labute approximate surface area is 129 Å². The molecule has 1 N–H and O–H groups in total. The minimum absolute atomic E-state index is 0.0810. The van der Waals surface area contributed by atoms with Crippen LogP contribution in [0.5, 0.6) is 5.75 Å². The van der Waals surface area contributed by atoms with E-state index in [1.807, 2.05) is 24.3 Å². The second kappa shape index (κ2) is 5.79. The number of oxazole rings is 1. The maximum absolute atomic E-state index is 12.1. The summed E-state index contributed by atoms with van der Waals surface area (Å²) in [4.78, 5) is 16.4. The number of phenolic OH excluding ortho intramolecular Hbond substituents is 1. The SMILES string of the molecule is O=C(CSc1nc2ccccc2o1)c1cc(Cl)ccc1O. The highest BCUT2D eigenvalue weighted by Crippen LogP contribution is 2.26. The van der Waals surface area contributed by atoms with Crippen LogP contribution in [0, 0.1) is 0 Å². The van der Waals surface area contributed by atoms with E-state index >= 15 is 0 Å². The van der Waals surface area contributed by atoms with Gasteiger partial charge in [0.25, 0.3) is 5.22 Å². The summed E-state index contributed by atoms with van der Waals surface area (Å²) >= 11 is 7.01. The molecular formula is C15H10ClNO3S. The molecule has 4 nitrogen and oxygen atoms in total. The Balaban J connectivity index is 1.74. The van der Waals surface area contributed by atoms with Crippen LogP contribution in [0.3, 0.4) is 0 Å². The lowest BCUT2D eigenvalue weighted by Gasteiger charge is -2.02. The van der Waals surface area contributed by atoms with E-state index in [-0.39, 0.29) is 22.8 Å². The molecule has 0 atom stereocenters. The number of carbonyl (C=O) groups excluding carboxylic acids is 1. The molecule has 2 aromatic carbocycles. The first-order valence-electron chi connectivity index (χ1n) is 6.13. The largest absolute Gasteiger partial charge is 0.507 e. The van der Waals surface area contributed by atoms with Crippen molar-refractivity contribution in [1.29, 1.82) is 0 Å². The number of hydrogen-bond donors (Lipinski definition) is 1. The number of ketones is 1. The van der Waals surface area contributed by atoms with Gasteiger partial charge in [0.1, 0.15) is 11.3 Å². The highest BCUT2D eigenvalue weighted by Gasteiger charge is 2.14. The van der Waals surface area contributed by atoms with Gasteiger partial charge in [0.2, 0.25) is 0 Å². The Morgan fingerprint density at radius 1 is 1.29 bits per heavy atom. The zero-order valence-electron chi connectivity index (χ0n) is 10.7. The van der Waals surface area contributed by atoms with Gasteiger partial charge >= 0.3 is 0 Å². The summed E-state index contributed by atoms with van der Waals surface area (Å²) in [5.41, 5.74) is 1.63. The molecule has 0 amide bonds. The molecule has 0 radical (unpaired) electrons. The van der Waals surface area contributed by atoms with Gasteiger partial charge in [0.05, 0.1) is 11.3 Å². The minimum Gasteiger partial charge on any atom is -0.507 e. The highest BCUT2D eigenvalue weighted by molar-refractivity contribution is 7.99. The molecule has 0 aliphatic heterocycles. The predicted octanol–water partition coefficient (Wildman–Crippen LogP) is 4.16. The lowest BCUT2D eigenvalue weighted by Crippen LogP contribution is -2.02. The van der Waals surface area contributed by atoms with E-state index < -0.39 is 0 Å². The second-order valence-corrected chi connectivity index (χ2v) is 5.68. The van der Waals surface area contributed by atoms with Crippen LogP contribution in [0.1, 0.15) is 10.4 Å². The Bertz CT molecular complexity index is 783. The van der Waals surface area contributed by atoms with Gasteiger partial charge in [0, 0.05) is 5.02 Å². The van der Waals surface area contributed by atoms with Crippen molar-refractivity contribution in [2.24, 2.45) is 0 Å². The fourth-order valence-electron chi connectivity index (χ4n) is 1.85. The fourth-order valence-corrected chi connectivity index (χ4v) is 2.74. The number of halogens is 1. The van der Waals surface area contributed by atoms with Crippen molar-refractivity contribution < 1.29 is 14.3 Å². The number of Topliss-reactive ketones (excluding diaryl/α,β-unsaturated/α-hetero) is 1. The highest BCUT2D eigenvalue weighted by atomic mass is 35.5. The topological polar surface area (TPSA) is 63.3 Å². The first-order chi connectivity index (χ1) is 10.1. The van der Waals surface area contributed by atoms with Gasteiger partial charge < -0.3 is 9.52 Å². The predicted molar refractivity (Wildman–Crippen MR) is 82.2 cm³/mol. The van der Waals surface area contributed by atoms with Gasteiger partial charge in [-0.25, -0.2) is 4.98 Å². The van der Waals surface area contributed by atoms with Gasteiger partial charge in [-0.05, 0) is 30.3 Å². The fraction of sp³-hybridized carbons (Fsp3) is 0.0667. The van der Waals surface area contributed by atoms with Crippen molar-refractivity contribution in [2.45, 2.75) is 5.22 Å². The van der Waals surface area contributed by atoms with Crippen LogP contribution < -0.4 is 0 Å². The first kappa shape index (κ1) is 14.0. The summed E-state index contributed by atoms with van der Waals surface area (Å²) in [5.74, 6) is -0.203. The average Bonchev–Trinajstić information content (AvgIpc) is 2.90. The van der Waals surface area contributed by atoms with Crippen molar-refractivity contribution in [3.63, 3.8) is 0 Å². The average molecular weight is 320 g/mol. The zero-order valence-corrected chi connectivity index (χ0v) is 12.3. The van der Waals surface area contributed by atoms with Crippen LogP contribution in [0.2, 0.25) is 5.02 Å². The Morgan fingerprint density at radius 2 is 2.10 bits per heavy atom. The van der Waals surface area contributed by atoms with E-state index in [0.717, 1.165) is 5.52 Å². The molecular weight excluding hydrogens is 310 g/mol. The number of rotatable bonds is 4. The third-order valence-electron chi connectivity index (χ3n) is 2.86. The quantitative estimate of drug-likeness (QED) is 0.578. The number of benzene rings is 2.